The van der Waals surface area contributed by atoms with E-state index in [0.29, 0.717) is 15.9 Å². The van der Waals surface area contributed by atoms with Crippen LogP contribution in [-0.2, 0) is 11.2 Å². The smallest absolute Gasteiger partial charge is 0.263 e. The lowest BCUT2D eigenvalue weighted by Crippen LogP contribution is -2.51. The number of benzene rings is 2. The van der Waals surface area contributed by atoms with Crippen molar-refractivity contribution in [1.29, 1.82) is 0 Å². The largest absolute Gasteiger partial charge is 0.462 e. The summed E-state index contributed by atoms with van der Waals surface area (Å²) in [6.45, 7) is 5.46. The van der Waals surface area contributed by atoms with Crippen LogP contribution in [0, 0.1) is 0 Å². The number of halogens is 2. The van der Waals surface area contributed by atoms with Gasteiger partial charge in [0.1, 0.15) is 0 Å². The maximum Gasteiger partial charge on any atom is 0.263 e. The van der Waals surface area contributed by atoms with E-state index in [1.165, 1.54) is 6.20 Å². The van der Waals surface area contributed by atoms with Gasteiger partial charge in [0.2, 0.25) is 5.88 Å². The molecule has 3 aromatic rings. The number of rotatable bonds is 8. The molecule has 1 aromatic heterocycles. The Kier molecular flexibility index (Phi) is 7.58. The van der Waals surface area contributed by atoms with Crippen LogP contribution in [0.5, 0.6) is 5.88 Å². The quantitative estimate of drug-likeness (QED) is 0.446. The highest BCUT2D eigenvalue weighted by atomic mass is 35.5. The summed E-state index contributed by atoms with van der Waals surface area (Å²) in [6.07, 6.45) is 2.26. The molecule has 0 fully saturated rings. The third kappa shape index (κ3) is 6.46. The summed E-state index contributed by atoms with van der Waals surface area (Å²) in [7, 11) is 0. The van der Waals surface area contributed by atoms with Gasteiger partial charge in [-0.05, 0) is 56.5 Å². The van der Waals surface area contributed by atoms with E-state index in [1.807, 2.05) is 49.4 Å². The Hall–Kier alpha value is -2.56. The van der Waals surface area contributed by atoms with Gasteiger partial charge in [-0.1, -0.05) is 65.7 Å². The number of nitrogens with one attached hydrogen (secondary N) is 1. The molecule has 0 saturated carbocycles. The molecule has 162 valence electrons. The van der Waals surface area contributed by atoms with E-state index in [4.69, 9.17) is 27.9 Å². The average molecular weight is 457 g/mol. The number of nitrogens with zero attached hydrogens (tertiary/aromatic N) is 1. The zero-order valence-corrected chi connectivity index (χ0v) is 19.3. The fraction of sp³-hybridized carbons (Fsp3) is 0.280. The van der Waals surface area contributed by atoms with Gasteiger partial charge in [0.25, 0.3) is 5.91 Å². The predicted molar refractivity (Wildman–Crippen MR) is 126 cm³/mol. The lowest BCUT2D eigenvalue weighted by atomic mass is 9.86. The molecule has 0 bridgehead atoms. The van der Waals surface area contributed by atoms with Gasteiger partial charge in [-0.15, -0.1) is 0 Å². The van der Waals surface area contributed by atoms with Gasteiger partial charge in [-0.2, -0.15) is 0 Å². The summed E-state index contributed by atoms with van der Waals surface area (Å²) < 4.78 is 5.84. The molecular formula is C25H26Cl2N2O2. The Bertz CT molecular complexity index is 990. The molecule has 0 spiro atoms. The van der Waals surface area contributed by atoms with Crippen molar-refractivity contribution in [1.82, 2.24) is 10.3 Å². The Labute approximate surface area is 193 Å². The minimum absolute atomic E-state index is 0.0794. The number of pyridine rings is 1. The Morgan fingerprint density at radius 1 is 1.00 bits per heavy atom. The Morgan fingerprint density at radius 3 is 2.26 bits per heavy atom. The molecule has 4 nitrogen and oxygen atoms in total. The fourth-order valence-electron chi connectivity index (χ4n) is 3.37. The van der Waals surface area contributed by atoms with Gasteiger partial charge in [-0.25, -0.2) is 4.98 Å². The third-order valence-electron chi connectivity index (χ3n) is 5.17. The van der Waals surface area contributed by atoms with E-state index in [1.54, 1.807) is 26.0 Å². The van der Waals surface area contributed by atoms with Crippen LogP contribution in [0.15, 0.2) is 72.9 Å². The minimum Gasteiger partial charge on any atom is -0.462 e. The Balaban J connectivity index is 1.75. The molecule has 1 amide bonds. The zero-order chi connectivity index (χ0) is 22.4. The van der Waals surface area contributed by atoms with E-state index in [-0.39, 0.29) is 17.9 Å². The van der Waals surface area contributed by atoms with Crippen LogP contribution < -0.4 is 10.1 Å². The molecule has 0 saturated heterocycles. The van der Waals surface area contributed by atoms with Crippen LogP contribution in [0.1, 0.15) is 37.8 Å². The summed E-state index contributed by atoms with van der Waals surface area (Å²) in [5, 5.41) is 4.35. The number of carbonyl (C=O) groups excluding carboxylic acids is 1. The maximum absolute atomic E-state index is 13.1. The molecule has 1 N–H and O–H groups in total. The first-order valence-electron chi connectivity index (χ1n) is 10.2. The van der Waals surface area contributed by atoms with Crippen molar-refractivity contribution >= 4 is 29.1 Å². The standard InChI is InChI=1S/C25H26Cl2N2O2/c1-17(29-24(30)25(2,3)31-23-14-13-21(27)16-28-23)22(19-7-5-4-6-8-19)15-18-9-11-20(26)12-10-18/h4-14,16-17,22H,15H2,1-3H3,(H,29,30)/t17-,22?/m0/s1. The molecule has 0 aliphatic rings. The molecule has 2 aromatic carbocycles. The van der Waals surface area contributed by atoms with Crippen molar-refractivity contribution in [3.05, 3.63) is 94.1 Å². The first-order chi connectivity index (χ1) is 14.7. The second-order valence-electron chi connectivity index (χ2n) is 8.04. The highest BCUT2D eigenvalue weighted by Crippen LogP contribution is 2.26. The van der Waals surface area contributed by atoms with E-state index >= 15 is 0 Å². The van der Waals surface area contributed by atoms with Crippen LogP contribution >= 0.6 is 23.2 Å². The predicted octanol–water partition coefficient (Wildman–Crippen LogP) is 6.08. The lowest BCUT2D eigenvalue weighted by molar-refractivity contribution is -0.135. The van der Waals surface area contributed by atoms with Gasteiger partial charge < -0.3 is 10.1 Å². The minimum atomic E-state index is -1.10. The van der Waals surface area contributed by atoms with Gasteiger partial charge >= 0.3 is 0 Å². The second-order valence-corrected chi connectivity index (χ2v) is 8.91. The summed E-state index contributed by atoms with van der Waals surface area (Å²) in [5.41, 5.74) is 1.21. The number of hydrogen-bond acceptors (Lipinski definition) is 3. The van der Waals surface area contributed by atoms with E-state index in [0.717, 1.165) is 17.5 Å². The molecule has 0 aliphatic carbocycles. The van der Waals surface area contributed by atoms with Gasteiger partial charge in [0, 0.05) is 29.2 Å². The highest BCUT2D eigenvalue weighted by Gasteiger charge is 2.33. The van der Waals surface area contributed by atoms with E-state index < -0.39 is 5.60 Å². The van der Waals surface area contributed by atoms with Crippen LogP contribution in [0.4, 0.5) is 0 Å². The summed E-state index contributed by atoms with van der Waals surface area (Å²) in [5.74, 6) is 0.211. The monoisotopic (exact) mass is 456 g/mol. The summed E-state index contributed by atoms with van der Waals surface area (Å²) >= 11 is 11.9. The third-order valence-corrected chi connectivity index (χ3v) is 5.64. The lowest BCUT2D eigenvalue weighted by Gasteiger charge is -2.30. The molecule has 1 unspecified atom stereocenters. The van der Waals surface area contributed by atoms with Crippen LogP contribution in [0.25, 0.3) is 0 Å². The summed E-state index contributed by atoms with van der Waals surface area (Å²) in [6, 6.07) is 21.2. The number of ether oxygens (including phenoxy) is 1. The molecule has 31 heavy (non-hydrogen) atoms. The van der Waals surface area contributed by atoms with Crippen molar-refractivity contribution in [2.24, 2.45) is 0 Å². The molecule has 3 rings (SSSR count). The van der Waals surface area contributed by atoms with Crippen molar-refractivity contribution < 1.29 is 9.53 Å². The van der Waals surface area contributed by atoms with Gasteiger partial charge in [0.05, 0.1) is 5.02 Å². The van der Waals surface area contributed by atoms with Gasteiger partial charge in [-0.3, -0.25) is 4.79 Å². The highest BCUT2D eigenvalue weighted by molar-refractivity contribution is 6.30. The van der Waals surface area contributed by atoms with E-state index in [9.17, 15) is 4.79 Å². The van der Waals surface area contributed by atoms with Crippen molar-refractivity contribution in [2.75, 3.05) is 0 Å². The second kappa shape index (κ2) is 10.2. The van der Waals surface area contributed by atoms with Crippen molar-refractivity contribution in [3.63, 3.8) is 0 Å². The SMILES string of the molecule is C[C@H](NC(=O)C(C)(C)Oc1ccc(Cl)cn1)C(Cc1ccc(Cl)cc1)c1ccccc1. The molecule has 0 radical (unpaired) electrons. The Morgan fingerprint density at radius 2 is 1.65 bits per heavy atom. The molecule has 0 aliphatic heterocycles. The topological polar surface area (TPSA) is 51.2 Å². The first-order valence-corrected chi connectivity index (χ1v) is 10.9. The van der Waals surface area contributed by atoms with E-state index in [2.05, 4.69) is 22.4 Å². The molecule has 1 heterocycles. The van der Waals surface area contributed by atoms with Crippen LogP contribution in [-0.4, -0.2) is 22.5 Å². The van der Waals surface area contributed by atoms with Crippen molar-refractivity contribution in [3.8, 4) is 5.88 Å². The first kappa shape index (κ1) is 23.1. The van der Waals surface area contributed by atoms with Crippen molar-refractivity contribution in [2.45, 2.75) is 44.8 Å². The zero-order valence-electron chi connectivity index (χ0n) is 17.8. The maximum atomic E-state index is 13.1. The molecule has 6 heteroatoms. The number of aromatic nitrogens is 1. The summed E-state index contributed by atoms with van der Waals surface area (Å²) in [4.78, 5) is 17.2. The number of amides is 1. The van der Waals surface area contributed by atoms with Crippen LogP contribution in [0.3, 0.4) is 0 Å². The number of hydrogen-bond donors (Lipinski definition) is 1. The fourth-order valence-corrected chi connectivity index (χ4v) is 3.61. The average Bonchev–Trinajstić information content (AvgIpc) is 2.75. The number of carbonyl (C=O) groups is 1. The normalized spacial score (nSPS) is 13.3. The van der Waals surface area contributed by atoms with Gasteiger partial charge in [0.15, 0.2) is 5.60 Å². The molecular weight excluding hydrogens is 431 g/mol. The van der Waals surface area contributed by atoms with Crippen LogP contribution in [0.2, 0.25) is 10.0 Å². The molecule has 2 atom stereocenters.